The van der Waals surface area contributed by atoms with Crippen LogP contribution in [0.25, 0.3) is 80.8 Å². The molecule has 2 aliphatic heterocycles. The molecule has 0 saturated carbocycles. The lowest BCUT2D eigenvalue weighted by Gasteiger charge is -2.04. The summed E-state index contributed by atoms with van der Waals surface area (Å²) in [4.78, 5) is 17.5. The molecule has 0 spiro atoms. The number of nitrogens with one attached hydrogen (secondary N) is 2. The molecule has 0 unspecified atom stereocenters. The Morgan fingerprint density at radius 1 is 0.450 bits per heavy atom. The Kier molecular flexibility index (Phi) is 5.72. The Morgan fingerprint density at radius 2 is 0.825 bits per heavy atom. The molecule has 40 heavy (non-hydrogen) atoms. The van der Waals surface area contributed by atoms with E-state index in [1.807, 2.05) is 48.6 Å². The Labute approximate surface area is 232 Å². The van der Waals surface area contributed by atoms with Crippen LogP contribution < -0.4 is 0 Å². The second-order valence-corrected chi connectivity index (χ2v) is 9.72. The predicted octanol–water partition coefficient (Wildman–Crippen LogP) is 9.28. The largest absolute Gasteiger partial charge is 0.354 e. The fourth-order valence-corrected chi connectivity index (χ4v) is 5.50. The minimum Gasteiger partial charge on any atom is -0.354 e. The Morgan fingerprint density at radius 3 is 1.23 bits per heavy atom. The maximum atomic E-state index is 5.11. The van der Waals surface area contributed by atoms with Gasteiger partial charge >= 0.3 is 0 Å². The summed E-state index contributed by atoms with van der Waals surface area (Å²) >= 11 is 0. The van der Waals surface area contributed by atoms with Gasteiger partial charge in [-0.3, -0.25) is 0 Å². The number of aromatic amines is 2. The first kappa shape index (κ1) is 23.6. The summed E-state index contributed by atoms with van der Waals surface area (Å²) in [6.45, 7) is 8.27. The van der Waals surface area contributed by atoms with Crippen LogP contribution in [-0.2, 0) is 0 Å². The van der Waals surface area contributed by atoms with Gasteiger partial charge in [0.05, 0.1) is 22.8 Å². The van der Waals surface area contributed by atoms with E-state index < -0.39 is 0 Å². The lowest BCUT2D eigenvalue weighted by Crippen LogP contribution is -1.88. The van der Waals surface area contributed by atoms with Gasteiger partial charge < -0.3 is 9.97 Å². The number of benzene rings is 2. The number of fused-ring (bicyclic) bond motifs is 8. The maximum Gasteiger partial charge on any atom is 0.0737 e. The summed E-state index contributed by atoms with van der Waals surface area (Å²) in [7, 11) is 0. The molecular formula is C36H26N4. The van der Waals surface area contributed by atoms with Gasteiger partial charge in [-0.05, 0) is 59.7 Å². The summed E-state index contributed by atoms with van der Waals surface area (Å²) in [6.07, 6.45) is 12.0. The summed E-state index contributed by atoms with van der Waals surface area (Å²) in [5.41, 5.74) is 13.4. The van der Waals surface area contributed by atoms with Crippen LogP contribution in [0, 0.1) is 0 Å². The van der Waals surface area contributed by atoms with Crippen LogP contribution >= 0.6 is 0 Å². The Balaban J connectivity index is 1.67. The molecule has 8 bridgehead atoms. The van der Waals surface area contributed by atoms with Gasteiger partial charge in [0.15, 0.2) is 0 Å². The quantitative estimate of drug-likeness (QED) is 0.246. The van der Waals surface area contributed by atoms with Gasteiger partial charge in [0.1, 0.15) is 0 Å². The van der Waals surface area contributed by atoms with E-state index in [0.29, 0.717) is 0 Å². The van der Waals surface area contributed by atoms with Crippen LogP contribution in [0.4, 0.5) is 0 Å². The molecule has 0 saturated heterocycles. The highest BCUT2D eigenvalue weighted by Gasteiger charge is 2.16. The molecule has 190 valence electrons. The Bertz CT molecular complexity index is 1870. The van der Waals surface area contributed by atoms with Gasteiger partial charge in [0.2, 0.25) is 0 Å². The third-order valence-corrected chi connectivity index (χ3v) is 7.37. The molecule has 7 rings (SSSR count). The van der Waals surface area contributed by atoms with E-state index in [4.69, 9.17) is 9.97 Å². The molecular weight excluding hydrogens is 488 g/mol. The third kappa shape index (κ3) is 3.94. The Hall–Kier alpha value is -5.48. The zero-order valence-corrected chi connectivity index (χ0v) is 21.9. The number of H-pyrrole nitrogens is 2. The molecule has 0 radical (unpaired) electrons. The summed E-state index contributed by atoms with van der Waals surface area (Å²) in [6, 6.07) is 29.1. The molecule has 4 heteroatoms. The molecule has 0 aliphatic carbocycles. The van der Waals surface area contributed by atoms with Crippen LogP contribution in [0.15, 0.2) is 98.1 Å². The average Bonchev–Trinajstić information content (AvgIpc) is 3.81. The first-order valence-corrected chi connectivity index (χ1v) is 13.3. The fourth-order valence-electron chi connectivity index (χ4n) is 5.50. The van der Waals surface area contributed by atoms with Crippen LogP contribution in [0.3, 0.4) is 0 Å². The summed E-state index contributed by atoms with van der Waals surface area (Å²) < 4.78 is 0. The van der Waals surface area contributed by atoms with E-state index >= 15 is 0 Å². The van der Waals surface area contributed by atoms with Crippen LogP contribution in [-0.4, -0.2) is 19.9 Å². The van der Waals surface area contributed by atoms with E-state index in [9.17, 15) is 0 Å². The van der Waals surface area contributed by atoms with Gasteiger partial charge in [0.25, 0.3) is 0 Å². The van der Waals surface area contributed by atoms with Crippen molar-refractivity contribution in [2.45, 2.75) is 0 Å². The maximum absolute atomic E-state index is 5.11. The second-order valence-electron chi connectivity index (χ2n) is 9.72. The molecule has 0 fully saturated rings. The lowest BCUT2D eigenvalue weighted by molar-refractivity contribution is 1.30. The van der Waals surface area contributed by atoms with E-state index in [1.54, 1.807) is 0 Å². The number of aromatic nitrogens is 4. The summed E-state index contributed by atoms with van der Waals surface area (Å²) in [5, 5.41) is 0. The third-order valence-electron chi connectivity index (χ3n) is 7.37. The highest BCUT2D eigenvalue weighted by atomic mass is 14.8. The smallest absolute Gasteiger partial charge is 0.0737 e. The molecule has 2 aromatic carbocycles. The van der Waals surface area contributed by atoms with Crippen molar-refractivity contribution < 1.29 is 0 Å². The standard InChI is InChI=1S/C36H26N4/c1-3-25-27-15-19-31(37-27)35(23-11-7-5-8-12-23)33-21-17-29(39-33)26(4-2)30-18-22-34(40-30)36(24-13-9-6-10-14-24)32-20-16-28(25)38-32/h3-22,37,40H,1-2H2. The van der Waals surface area contributed by atoms with Gasteiger partial charge in [0, 0.05) is 44.3 Å². The van der Waals surface area contributed by atoms with Crippen molar-refractivity contribution in [3.63, 3.8) is 0 Å². The van der Waals surface area contributed by atoms with Crippen LogP contribution in [0.1, 0.15) is 33.9 Å². The first-order chi connectivity index (χ1) is 19.7. The molecule has 2 N–H and O–H groups in total. The topological polar surface area (TPSA) is 57.4 Å². The van der Waals surface area contributed by atoms with Crippen molar-refractivity contribution in [1.82, 2.24) is 19.9 Å². The fraction of sp³-hybridized carbons (Fsp3) is 0. The van der Waals surface area contributed by atoms with E-state index in [0.717, 1.165) is 78.2 Å². The van der Waals surface area contributed by atoms with Gasteiger partial charge in [-0.2, -0.15) is 0 Å². The monoisotopic (exact) mass is 514 g/mol. The van der Waals surface area contributed by atoms with Gasteiger partial charge in [-0.1, -0.05) is 86.0 Å². The van der Waals surface area contributed by atoms with E-state index in [2.05, 4.69) is 96.0 Å². The minimum absolute atomic E-state index is 0.860. The average molecular weight is 515 g/mol. The number of nitrogens with zero attached hydrogens (tertiary/aromatic N) is 2. The minimum atomic E-state index is 0.860. The molecule has 0 atom stereocenters. The van der Waals surface area contributed by atoms with Gasteiger partial charge in [-0.25, -0.2) is 9.97 Å². The van der Waals surface area contributed by atoms with Crippen molar-refractivity contribution >= 4 is 58.5 Å². The second kappa shape index (κ2) is 9.68. The van der Waals surface area contributed by atoms with Crippen molar-refractivity contribution in [3.8, 4) is 22.3 Å². The van der Waals surface area contributed by atoms with Crippen molar-refractivity contribution in [3.05, 3.63) is 132 Å². The van der Waals surface area contributed by atoms with Crippen LogP contribution in [0.2, 0.25) is 0 Å². The van der Waals surface area contributed by atoms with Gasteiger partial charge in [-0.15, -0.1) is 0 Å². The summed E-state index contributed by atoms with van der Waals surface area (Å²) in [5.74, 6) is 0. The molecule has 2 aliphatic rings. The van der Waals surface area contributed by atoms with Crippen molar-refractivity contribution in [1.29, 1.82) is 0 Å². The molecule has 5 heterocycles. The highest BCUT2D eigenvalue weighted by Crippen LogP contribution is 2.34. The van der Waals surface area contributed by atoms with E-state index in [1.165, 1.54) is 0 Å². The number of hydrogen-bond donors (Lipinski definition) is 2. The zero-order valence-electron chi connectivity index (χ0n) is 21.9. The van der Waals surface area contributed by atoms with E-state index in [-0.39, 0.29) is 0 Å². The van der Waals surface area contributed by atoms with Crippen molar-refractivity contribution in [2.75, 3.05) is 0 Å². The normalized spacial score (nSPS) is 12.0. The van der Waals surface area contributed by atoms with Crippen LogP contribution in [0.5, 0.6) is 0 Å². The molecule has 0 amide bonds. The molecule has 4 nitrogen and oxygen atoms in total. The lowest BCUT2D eigenvalue weighted by atomic mass is 10.0. The number of rotatable bonds is 4. The highest BCUT2D eigenvalue weighted by molar-refractivity contribution is 5.96. The predicted molar refractivity (Wildman–Crippen MR) is 170 cm³/mol. The van der Waals surface area contributed by atoms with Crippen molar-refractivity contribution in [2.24, 2.45) is 0 Å². The number of hydrogen-bond acceptors (Lipinski definition) is 2. The first-order valence-electron chi connectivity index (χ1n) is 13.3. The molecule has 3 aromatic heterocycles. The molecule has 5 aromatic rings. The zero-order chi connectivity index (χ0) is 27.1. The SMILES string of the molecule is C=Cc1c2nc(c(-c3ccccc3)c3ccc([nH]3)c(C=C)c3nc(c(-c4ccccc4)c4ccc1[nH]4)C=C3)C=C2.